The van der Waals surface area contributed by atoms with Gasteiger partial charge in [-0.1, -0.05) is 12.2 Å². The Labute approximate surface area is 87.1 Å². The van der Waals surface area contributed by atoms with E-state index in [1.165, 1.54) is 14.2 Å². The number of nitrogens with zero attached hydrogens (tertiary/aromatic N) is 1. The Balaban J connectivity index is 3.13. The molecule has 1 rings (SSSR count). The van der Waals surface area contributed by atoms with Crippen molar-refractivity contribution in [3.63, 3.8) is 0 Å². The second kappa shape index (κ2) is 4.86. The molecule has 74 valence electrons. The van der Waals surface area contributed by atoms with E-state index in [4.69, 9.17) is 27.0 Å². The van der Waals surface area contributed by atoms with Crippen molar-refractivity contribution in [2.75, 3.05) is 14.2 Å². The third-order valence-corrected chi connectivity index (χ3v) is 2.08. The largest absolute Gasteiger partial charge is 0.352 e. The number of nitriles is 1. The molecule has 0 amide bonds. The van der Waals surface area contributed by atoms with E-state index in [-0.39, 0.29) is 0 Å². The molecule has 0 aliphatic heterocycles. The fourth-order valence-electron chi connectivity index (χ4n) is 1.09. The van der Waals surface area contributed by atoms with Gasteiger partial charge in [0.05, 0.1) is 5.56 Å². The van der Waals surface area contributed by atoms with E-state index in [0.717, 1.165) is 5.56 Å². The molecule has 1 N–H and O–H groups in total. The lowest BCUT2D eigenvalue weighted by Crippen LogP contribution is -2.04. The lowest BCUT2D eigenvalue weighted by atomic mass is 10.2. The molecule has 1 aromatic rings. The molecule has 0 fully saturated rings. The first-order valence-corrected chi connectivity index (χ1v) is 4.32. The van der Waals surface area contributed by atoms with E-state index < -0.39 is 6.29 Å². The van der Waals surface area contributed by atoms with E-state index in [2.05, 4.69) is 4.98 Å². The average molecular weight is 210 g/mol. The summed E-state index contributed by atoms with van der Waals surface area (Å²) >= 11 is 4.91. The fraction of sp³-hybridized carbons (Fsp3) is 0.333. The maximum absolute atomic E-state index is 8.75. The molecule has 0 radical (unpaired) electrons. The Hall–Kier alpha value is -1.22. The summed E-state index contributed by atoms with van der Waals surface area (Å²) in [7, 11) is 3.06. The smallest absolute Gasteiger partial charge is 0.184 e. The molecule has 0 unspecified atom stereocenters. The highest BCUT2D eigenvalue weighted by molar-refractivity contribution is 7.71. The van der Waals surface area contributed by atoms with Gasteiger partial charge in [0.25, 0.3) is 0 Å². The number of rotatable bonds is 3. The van der Waals surface area contributed by atoms with Crippen molar-refractivity contribution in [1.29, 1.82) is 5.26 Å². The number of pyridine rings is 1. The van der Waals surface area contributed by atoms with Crippen LogP contribution >= 0.6 is 12.2 Å². The van der Waals surface area contributed by atoms with Gasteiger partial charge in [-0.25, -0.2) is 0 Å². The number of methoxy groups -OCH3 is 2. The zero-order chi connectivity index (χ0) is 10.6. The van der Waals surface area contributed by atoms with Crippen LogP contribution in [0.5, 0.6) is 0 Å². The van der Waals surface area contributed by atoms with Gasteiger partial charge in [-0.2, -0.15) is 5.26 Å². The van der Waals surface area contributed by atoms with Crippen molar-refractivity contribution in [1.82, 2.24) is 4.98 Å². The zero-order valence-electron chi connectivity index (χ0n) is 7.90. The van der Waals surface area contributed by atoms with Gasteiger partial charge in [0.2, 0.25) is 0 Å². The monoisotopic (exact) mass is 210 g/mol. The lowest BCUT2D eigenvalue weighted by Gasteiger charge is -2.13. The lowest BCUT2D eigenvalue weighted by molar-refractivity contribution is -0.106. The number of nitrogens with one attached hydrogen (secondary N) is 1. The molecule has 4 nitrogen and oxygen atoms in total. The predicted octanol–water partition coefficient (Wildman–Crippen LogP) is 1.91. The highest BCUT2D eigenvalue weighted by atomic mass is 32.1. The number of hydrogen-bond donors (Lipinski definition) is 1. The second-order valence-electron chi connectivity index (χ2n) is 2.59. The number of hydrogen-bond acceptors (Lipinski definition) is 4. The summed E-state index contributed by atoms with van der Waals surface area (Å²) in [5, 5.41) is 8.75. The summed E-state index contributed by atoms with van der Waals surface area (Å²) in [5.41, 5.74) is 1.15. The summed E-state index contributed by atoms with van der Waals surface area (Å²) in [6.07, 6.45) is 1.19. The molecule has 0 aliphatic rings. The standard InChI is InChI=1S/C9H10N2O2S/c1-12-9(13-2)7-3-6(4-10)8(14)11-5-7/h3,5,9H,1-2H3,(H,11,14). The van der Waals surface area contributed by atoms with E-state index in [0.29, 0.717) is 10.2 Å². The van der Waals surface area contributed by atoms with Crippen molar-refractivity contribution < 1.29 is 9.47 Å². The quantitative estimate of drug-likeness (QED) is 0.611. The number of aromatic amines is 1. The van der Waals surface area contributed by atoms with Crippen LogP contribution in [0.3, 0.4) is 0 Å². The Morgan fingerprint density at radius 1 is 1.50 bits per heavy atom. The van der Waals surface area contributed by atoms with Gasteiger partial charge < -0.3 is 14.5 Å². The zero-order valence-corrected chi connectivity index (χ0v) is 8.72. The van der Waals surface area contributed by atoms with Crippen LogP contribution in [0, 0.1) is 16.0 Å². The summed E-state index contributed by atoms with van der Waals surface area (Å²) in [6, 6.07) is 3.64. The highest BCUT2D eigenvalue weighted by Crippen LogP contribution is 2.17. The van der Waals surface area contributed by atoms with Gasteiger partial charge in [-0.3, -0.25) is 0 Å². The molecule has 14 heavy (non-hydrogen) atoms. The van der Waals surface area contributed by atoms with Crippen LogP contribution in [0.2, 0.25) is 0 Å². The summed E-state index contributed by atoms with van der Waals surface area (Å²) in [5.74, 6) is 0. The summed E-state index contributed by atoms with van der Waals surface area (Å²) in [4.78, 5) is 2.80. The Morgan fingerprint density at radius 2 is 2.14 bits per heavy atom. The molecule has 1 aromatic heterocycles. The van der Waals surface area contributed by atoms with Gasteiger partial charge in [0, 0.05) is 26.0 Å². The predicted molar refractivity (Wildman–Crippen MR) is 53.1 cm³/mol. The molecule has 1 heterocycles. The molecular formula is C9H10N2O2S. The Morgan fingerprint density at radius 3 is 2.64 bits per heavy atom. The molecule has 0 saturated carbocycles. The molecule has 0 aromatic carbocycles. The number of ether oxygens (including phenoxy) is 2. The van der Waals surface area contributed by atoms with Crippen LogP contribution in [-0.4, -0.2) is 19.2 Å². The molecule has 0 bridgehead atoms. The molecule has 0 atom stereocenters. The van der Waals surface area contributed by atoms with Crippen LogP contribution in [0.1, 0.15) is 17.4 Å². The molecule has 0 saturated heterocycles. The first kappa shape index (κ1) is 10.9. The van der Waals surface area contributed by atoms with E-state index in [9.17, 15) is 0 Å². The maximum Gasteiger partial charge on any atom is 0.184 e. The summed E-state index contributed by atoms with van der Waals surface area (Å²) in [6.45, 7) is 0. The third-order valence-electron chi connectivity index (χ3n) is 1.75. The highest BCUT2D eigenvalue weighted by Gasteiger charge is 2.09. The number of H-pyrrole nitrogens is 1. The van der Waals surface area contributed by atoms with Crippen LogP contribution in [0.15, 0.2) is 12.3 Å². The maximum atomic E-state index is 8.75. The van der Waals surface area contributed by atoms with Crippen molar-refractivity contribution in [3.05, 3.63) is 28.0 Å². The van der Waals surface area contributed by atoms with Gasteiger partial charge in [0.1, 0.15) is 10.7 Å². The summed E-state index contributed by atoms with van der Waals surface area (Å²) < 4.78 is 10.5. The van der Waals surface area contributed by atoms with Gasteiger partial charge in [-0.15, -0.1) is 0 Å². The van der Waals surface area contributed by atoms with Crippen molar-refractivity contribution in [2.45, 2.75) is 6.29 Å². The third kappa shape index (κ3) is 2.17. The molecule has 0 spiro atoms. The minimum Gasteiger partial charge on any atom is -0.352 e. The van der Waals surface area contributed by atoms with E-state index in [1.807, 2.05) is 6.07 Å². The fourth-order valence-corrected chi connectivity index (χ4v) is 1.25. The normalized spacial score (nSPS) is 10.1. The van der Waals surface area contributed by atoms with Crippen LogP contribution in [0.4, 0.5) is 0 Å². The Kier molecular flexibility index (Phi) is 3.77. The first-order chi connectivity index (χ1) is 6.72. The molecular weight excluding hydrogens is 200 g/mol. The van der Waals surface area contributed by atoms with Gasteiger partial charge >= 0.3 is 0 Å². The van der Waals surface area contributed by atoms with Crippen LogP contribution < -0.4 is 0 Å². The van der Waals surface area contributed by atoms with Crippen molar-refractivity contribution >= 4 is 12.2 Å². The van der Waals surface area contributed by atoms with Crippen LogP contribution in [0.25, 0.3) is 0 Å². The first-order valence-electron chi connectivity index (χ1n) is 3.91. The average Bonchev–Trinajstić information content (AvgIpc) is 2.22. The SMILES string of the molecule is COC(OC)c1c[nH]c(=S)c(C#N)c1. The van der Waals surface area contributed by atoms with Crippen LogP contribution in [-0.2, 0) is 9.47 Å². The second-order valence-corrected chi connectivity index (χ2v) is 3.00. The minimum atomic E-state index is -0.478. The van der Waals surface area contributed by atoms with Gasteiger partial charge in [-0.05, 0) is 6.07 Å². The Bertz CT molecular complexity index is 404. The minimum absolute atomic E-state index is 0.414. The van der Waals surface area contributed by atoms with E-state index in [1.54, 1.807) is 12.3 Å². The van der Waals surface area contributed by atoms with Crippen molar-refractivity contribution in [2.24, 2.45) is 0 Å². The van der Waals surface area contributed by atoms with Gasteiger partial charge in [0.15, 0.2) is 6.29 Å². The molecule has 5 heteroatoms. The van der Waals surface area contributed by atoms with Crippen molar-refractivity contribution in [3.8, 4) is 6.07 Å². The molecule has 0 aliphatic carbocycles. The van der Waals surface area contributed by atoms with E-state index >= 15 is 0 Å². The number of aromatic nitrogens is 1. The topological polar surface area (TPSA) is 58.0 Å².